The third kappa shape index (κ3) is 7.17. The molecular weight excluding hydrogens is 528 g/mol. The monoisotopic (exact) mass is 551 g/mol. The van der Waals surface area contributed by atoms with E-state index in [4.69, 9.17) is 46.5 Å². The smallest absolute Gasteiger partial charge is 0.459 e. The molecule has 1 aliphatic heterocycles. The number of rotatable bonds is 10. The zero-order chi connectivity index (χ0) is 25.8. The van der Waals surface area contributed by atoms with Gasteiger partial charge in [0.15, 0.2) is 12.5 Å². The van der Waals surface area contributed by atoms with Gasteiger partial charge in [0.2, 0.25) is 0 Å². The normalized spacial score (nSPS) is 20.3. The van der Waals surface area contributed by atoms with Crippen molar-refractivity contribution in [2.75, 3.05) is 19.8 Å². The van der Waals surface area contributed by atoms with Crippen LogP contribution in [0.1, 0.15) is 25.6 Å². The summed E-state index contributed by atoms with van der Waals surface area (Å²) in [6.45, 7) is 4.29. The van der Waals surface area contributed by atoms with Crippen LogP contribution in [0.4, 0.5) is 0 Å². The van der Waals surface area contributed by atoms with Crippen LogP contribution >= 0.6 is 30.9 Å². The van der Waals surface area contributed by atoms with E-state index in [1.165, 1.54) is 42.8 Å². The van der Waals surface area contributed by atoms with E-state index in [0.29, 0.717) is 5.56 Å². The number of benzene rings is 1. The van der Waals surface area contributed by atoms with Crippen LogP contribution in [-0.2, 0) is 28.1 Å². The molecule has 1 unspecified atom stereocenters. The van der Waals surface area contributed by atoms with E-state index in [-0.39, 0.29) is 29.0 Å². The molecule has 1 aromatic carbocycles. The predicted octanol–water partition coefficient (Wildman–Crippen LogP) is 2.77. The first kappa shape index (κ1) is 27.4. The van der Waals surface area contributed by atoms with Crippen LogP contribution in [0.25, 0.3) is 0 Å². The number of nitrogens with one attached hydrogen (secondary N) is 2. The van der Waals surface area contributed by atoms with E-state index in [0.717, 1.165) is 0 Å². The molecule has 0 spiro atoms. The Kier molecular flexibility index (Phi) is 9.16. The minimum absolute atomic E-state index is 0.0377. The average molecular weight is 552 g/mol. The molecule has 12 nitrogen and oxygen atoms in total. The van der Waals surface area contributed by atoms with Gasteiger partial charge in [-0.1, -0.05) is 23.2 Å². The number of esters is 1. The van der Waals surface area contributed by atoms with Crippen molar-refractivity contribution in [3.63, 3.8) is 0 Å². The van der Waals surface area contributed by atoms with Crippen LogP contribution in [0, 0.1) is 6.92 Å². The molecule has 2 aromatic rings. The molecule has 0 saturated carbocycles. The molecule has 0 aliphatic carbocycles. The van der Waals surface area contributed by atoms with Crippen LogP contribution in [0.15, 0.2) is 34.0 Å². The molecule has 4 atom stereocenters. The van der Waals surface area contributed by atoms with Gasteiger partial charge in [-0.2, -0.15) is 5.09 Å². The average Bonchev–Trinajstić information content (AvgIpc) is 3.26. The Hall–Kier alpha value is -2.18. The fourth-order valence-electron chi connectivity index (χ4n) is 2.96. The summed E-state index contributed by atoms with van der Waals surface area (Å²) in [5.41, 5.74) is -0.869. The minimum atomic E-state index is -4.21. The van der Waals surface area contributed by atoms with Crippen LogP contribution in [0.2, 0.25) is 10.0 Å². The molecule has 0 bridgehead atoms. The van der Waals surface area contributed by atoms with Crippen LogP contribution < -0.4 is 20.9 Å². The highest BCUT2D eigenvalue weighted by molar-refractivity contribution is 7.52. The van der Waals surface area contributed by atoms with Gasteiger partial charge in [-0.05, 0) is 32.9 Å². The molecule has 1 fully saturated rings. The molecule has 1 aliphatic rings. The second-order valence-corrected chi connectivity index (χ2v) is 9.90. The van der Waals surface area contributed by atoms with E-state index in [9.17, 15) is 18.9 Å². The maximum atomic E-state index is 13.5. The Balaban J connectivity index is 1.72. The molecule has 0 amide bonds. The van der Waals surface area contributed by atoms with Crippen molar-refractivity contribution < 1.29 is 32.6 Å². The molecule has 15 heteroatoms. The number of hydrogen-bond donors (Lipinski definition) is 2. The Morgan fingerprint density at radius 3 is 2.77 bits per heavy atom. The number of aromatic nitrogens is 2. The number of carbonyl (C=O) groups is 1. The summed E-state index contributed by atoms with van der Waals surface area (Å²) < 4.78 is 41.7. The van der Waals surface area contributed by atoms with Gasteiger partial charge in [0.05, 0.1) is 23.3 Å². The van der Waals surface area contributed by atoms with Gasteiger partial charge in [-0.3, -0.25) is 23.7 Å². The zero-order valence-electron chi connectivity index (χ0n) is 19.0. The maximum absolute atomic E-state index is 13.5. The number of halogens is 2. The van der Waals surface area contributed by atoms with E-state index >= 15 is 0 Å². The summed E-state index contributed by atoms with van der Waals surface area (Å²) in [6, 6.07) is 3.14. The number of ether oxygens (including phenoxy) is 3. The van der Waals surface area contributed by atoms with Crippen molar-refractivity contribution in [1.82, 2.24) is 14.6 Å². The fourth-order valence-corrected chi connectivity index (χ4v) is 4.71. The van der Waals surface area contributed by atoms with Crippen molar-refractivity contribution in [3.8, 4) is 5.75 Å². The first-order chi connectivity index (χ1) is 16.5. The Labute approximate surface area is 210 Å². The molecule has 3 rings (SSSR count). The summed E-state index contributed by atoms with van der Waals surface area (Å²) in [5.74, 6) is -0.608. The Morgan fingerprint density at radius 1 is 1.34 bits per heavy atom. The molecule has 192 valence electrons. The summed E-state index contributed by atoms with van der Waals surface area (Å²) in [5, 5.41) is 2.92. The van der Waals surface area contributed by atoms with Gasteiger partial charge in [0, 0.05) is 17.8 Å². The summed E-state index contributed by atoms with van der Waals surface area (Å²) in [6.07, 6.45) is -0.544. The lowest BCUT2D eigenvalue weighted by atomic mass is 10.3. The lowest BCUT2D eigenvalue weighted by Gasteiger charge is -2.24. The van der Waals surface area contributed by atoms with Crippen molar-refractivity contribution in [2.24, 2.45) is 0 Å². The van der Waals surface area contributed by atoms with Crippen molar-refractivity contribution in [3.05, 3.63) is 60.8 Å². The van der Waals surface area contributed by atoms with E-state index in [2.05, 4.69) is 10.1 Å². The van der Waals surface area contributed by atoms with Gasteiger partial charge in [0.1, 0.15) is 18.4 Å². The molecule has 0 radical (unpaired) electrons. The van der Waals surface area contributed by atoms with E-state index < -0.39 is 50.1 Å². The van der Waals surface area contributed by atoms with Crippen LogP contribution in [-0.4, -0.2) is 47.7 Å². The highest BCUT2D eigenvalue weighted by Gasteiger charge is 2.36. The summed E-state index contributed by atoms with van der Waals surface area (Å²) >= 11 is 11.9. The summed E-state index contributed by atoms with van der Waals surface area (Å²) in [4.78, 5) is 37.9. The van der Waals surface area contributed by atoms with Gasteiger partial charge in [0.25, 0.3) is 5.56 Å². The zero-order valence-corrected chi connectivity index (χ0v) is 21.4. The number of hydrogen-bond acceptors (Lipinski definition) is 9. The second-order valence-electron chi connectivity index (χ2n) is 7.40. The molecule has 2 heterocycles. The largest absolute Gasteiger partial charge is 0.465 e. The standard InChI is InChI=1S/C20H24Cl2N3O9P/c1-4-30-19(27)12(3)24-35(29,34-13-5-6-14(21)15(22)7-13)32-10-17-31-9-16(33-17)25-8-11(2)18(26)23-20(25)28/h5-8,12,16-17H,4,9-10H2,1-3H3,(H,24,29)(H,23,26,28)/t12-,16+,17+,35?/m0/s1. The molecular formula is C20H24Cl2N3O9P. The van der Waals surface area contributed by atoms with E-state index in [1.54, 1.807) is 6.92 Å². The third-order valence-corrected chi connectivity index (χ3v) is 7.06. The van der Waals surface area contributed by atoms with Crippen LogP contribution in [0.5, 0.6) is 5.75 Å². The van der Waals surface area contributed by atoms with Gasteiger partial charge in [-0.15, -0.1) is 0 Å². The topological polar surface area (TPSA) is 147 Å². The highest BCUT2D eigenvalue weighted by Crippen LogP contribution is 2.46. The number of H-pyrrole nitrogens is 1. The first-order valence-corrected chi connectivity index (χ1v) is 12.7. The first-order valence-electron chi connectivity index (χ1n) is 10.4. The number of carbonyl (C=O) groups excluding carboxylic acids is 1. The van der Waals surface area contributed by atoms with Gasteiger partial charge < -0.3 is 18.7 Å². The highest BCUT2D eigenvalue weighted by atomic mass is 35.5. The van der Waals surface area contributed by atoms with Gasteiger partial charge >= 0.3 is 19.4 Å². The lowest BCUT2D eigenvalue weighted by Crippen LogP contribution is -2.36. The molecule has 1 saturated heterocycles. The molecule has 2 N–H and O–H groups in total. The molecule has 1 aromatic heterocycles. The predicted molar refractivity (Wildman–Crippen MR) is 126 cm³/mol. The fraction of sp³-hybridized carbons (Fsp3) is 0.450. The molecule has 35 heavy (non-hydrogen) atoms. The van der Waals surface area contributed by atoms with Crippen molar-refractivity contribution in [2.45, 2.75) is 39.3 Å². The minimum Gasteiger partial charge on any atom is -0.465 e. The van der Waals surface area contributed by atoms with Crippen molar-refractivity contribution in [1.29, 1.82) is 0 Å². The third-order valence-electron chi connectivity index (χ3n) is 4.68. The van der Waals surface area contributed by atoms with Gasteiger partial charge in [-0.25, -0.2) is 9.36 Å². The Bertz CT molecular complexity index is 1240. The summed E-state index contributed by atoms with van der Waals surface area (Å²) in [7, 11) is -4.21. The quantitative estimate of drug-likeness (QED) is 0.333. The Morgan fingerprint density at radius 2 is 2.09 bits per heavy atom. The number of aryl methyl sites for hydroxylation is 1. The number of nitrogens with zero attached hydrogens (tertiary/aromatic N) is 1. The number of aromatic amines is 1. The lowest BCUT2D eigenvalue weighted by molar-refractivity contribution is -0.144. The van der Waals surface area contributed by atoms with Crippen LogP contribution in [0.3, 0.4) is 0 Å². The second kappa shape index (κ2) is 11.7. The SMILES string of the molecule is CCOC(=O)[C@H](C)NP(=O)(OC[C@@H]1OC[C@H](n2cc(C)c(=O)[nH]c2=O)O1)Oc1ccc(Cl)c(Cl)c1. The van der Waals surface area contributed by atoms with E-state index in [1.807, 2.05) is 0 Å². The maximum Gasteiger partial charge on any atom is 0.459 e. The van der Waals surface area contributed by atoms with Crippen molar-refractivity contribution >= 4 is 36.9 Å².